The number of aromatic nitrogens is 3. The highest BCUT2D eigenvalue weighted by atomic mass is 16.2. The molecule has 0 unspecified atom stereocenters. The lowest BCUT2D eigenvalue weighted by Gasteiger charge is -2.13. The maximum absolute atomic E-state index is 12.7. The number of rotatable bonds is 5. The van der Waals surface area contributed by atoms with E-state index in [1.54, 1.807) is 48.5 Å². The molecule has 136 valence electrons. The molecule has 0 saturated heterocycles. The van der Waals surface area contributed by atoms with Crippen LogP contribution >= 0.6 is 0 Å². The van der Waals surface area contributed by atoms with Crippen LogP contribution in [0.4, 0.5) is 11.4 Å². The molecular weight excluding hydrogens is 348 g/mol. The second kappa shape index (κ2) is 7.91. The van der Waals surface area contributed by atoms with Crippen molar-refractivity contribution in [3.63, 3.8) is 0 Å². The van der Waals surface area contributed by atoms with Crippen molar-refractivity contribution in [2.75, 3.05) is 16.1 Å². The number of carbonyl (C=O) groups excluding carboxylic acids is 3. The molecule has 0 saturated carbocycles. The fourth-order valence-corrected chi connectivity index (χ4v) is 2.40. The number of hydrogen-bond acceptors (Lipinski definition) is 5. The average Bonchev–Trinajstić information content (AvgIpc) is 3.15. The topological polar surface area (TPSA) is 118 Å². The third kappa shape index (κ3) is 4.34. The molecule has 0 bridgehead atoms. The lowest BCUT2D eigenvalue weighted by Crippen LogP contribution is -2.24. The minimum Gasteiger partial charge on any atom is -0.326 e. The van der Waals surface area contributed by atoms with Crippen molar-refractivity contribution in [2.45, 2.75) is 6.92 Å². The minimum atomic E-state index is -0.455. The molecule has 0 aliphatic carbocycles. The predicted octanol–water partition coefficient (Wildman–Crippen LogP) is 1.87. The SMILES string of the molecule is CC(=O)Nc1ccccc1C(=O)Nc1ccccc1C(=O)Nn1cnnc1. The van der Waals surface area contributed by atoms with Crippen LogP contribution in [-0.2, 0) is 4.79 Å². The van der Waals surface area contributed by atoms with Crippen LogP contribution in [0.15, 0.2) is 61.2 Å². The van der Waals surface area contributed by atoms with E-state index in [1.807, 2.05) is 0 Å². The van der Waals surface area contributed by atoms with E-state index in [-0.39, 0.29) is 17.0 Å². The van der Waals surface area contributed by atoms with Gasteiger partial charge in [0.25, 0.3) is 11.8 Å². The van der Waals surface area contributed by atoms with Gasteiger partial charge in [-0.25, -0.2) is 4.68 Å². The van der Waals surface area contributed by atoms with Gasteiger partial charge in [-0.1, -0.05) is 24.3 Å². The molecule has 3 aromatic rings. The molecule has 1 heterocycles. The van der Waals surface area contributed by atoms with Crippen LogP contribution in [0, 0.1) is 0 Å². The Morgan fingerprint density at radius 3 is 1.89 bits per heavy atom. The fraction of sp³-hybridized carbons (Fsp3) is 0.0556. The van der Waals surface area contributed by atoms with Crippen LogP contribution in [0.5, 0.6) is 0 Å². The first-order valence-electron chi connectivity index (χ1n) is 7.97. The first kappa shape index (κ1) is 17.8. The Bertz CT molecular complexity index is 984. The first-order chi connectivity index (χ1) is 13.0. The van der Waals surface area contributed by atoms with E-state index in [0.29, 0.717) is 11.4 Å². The van der Waals surface area contributed by atoms with Crippen LogP contribution < -0.4 is 16.1 Å². The Labute approximate surface area is 154 Å². The third-order valence-electron chi connectivity index (χ3n) is 3.55. The smallest absolute Gasteiger partial charge is 0.272 e. The number of anilines is 2. The molecule has 1 aromatic heterocycles. The molecule has 0 radical (unpaired) electrons. The molecular formula is C18H16N6O3. The number of hydrogen-bond donors (Lipinski definition) is 3. The zero-order chi connectivity index (χ0) is 19.2. The second-order valence-corrected chi connectivity index (χ2v) is 5.54. The lowest BCUT2D eigenvalue weighted by atomic mass is 10.1. The molecule has 0 atom stereocenters. The standard InChI is InChI=1S/C18H16N6O3/c1-12(25)21-15-8-4-2-6-13(15)17(26)22-16-9-5-3-7-14(16)18(27)23-24-10-19-20-11-24/h2-11H,1H3,(H,21,25)(H,22,26)(H,23,27). The molecule has 0 spiro atoms. The normalized spacial score (nSPS) is 10.1. The molecule has 3 rings (SSSR count). The highest BCUT2D eigenvalue weighted by molar-refractivity contribution is 6.13. The predicted molar refractivity (Wildman–Crippen MR) is 98.9 cm³/mol. The summed E-state index contributed by atoms with van der Waals surface area (Å²) in [6, 6.07) is 13.2. The van der Waals surface area contributed by atoms with Crippen LogP contribution in [0.1, 0.15) is 27.6 Å². The Kier molecular flexibility index (Phi) is 5.22. The summed E-state index contributed by atoms with van der Waals surface area (Å²) < 4.78 is 1.30. The summed E-state index contributed by atoms with van der Waals surface area (Å²) in [5.41, 5.74) is 3.82. The van der Waals surface area contributed by atoms with Crippen LogP contribution in [0.25, 0.3) is 0 Å². The quantitative estimate of drug-likeness (QED) is 0.639. The van der Waals surface area contributed by atoms with E-state index in [0.717, 1.165) is 0 Å². The zero-order valence-corrected chi connectivity index (χ0v) is 14.3. The largest absolute Gasteiger partial charge is 0.326 e. The van der Waals surface area contributed by atoms with Gasteiger partial charge in [-0.05, 0) is 24.3 Å². The highest BCUT2D eigenvalue weighted by Crippen LogP contribution is 2.20. The van der Waals surface area contributed by atoms with Gasteiger partial charge in [0, 0.05) is 6.92 Å². The molecule has 3 N–H and O–H groups in total. The van der Waals surface area contributed by atoms with Crippen LogP contribution in [0.2, 0.25) is 0 Å². The molecule has 9 nitrogen and oxygen atoms in total. The van der Waals surface area contributed by atoms with Crippen molar-refractivity contribution in [3.8, 4) is 0 Å². The van der Waals surface area contributed by atoms with Gasteiger partial charge >= 0.3 is 0 Å². The molecule has 0 aliphatic heterocycles. The van der Waals surface area contributed by atoms with Gasteiger partial charge in [-0.2, -0.15) is 0 Å². The van der Waals surface area contributed by atoms with E-state index in [2.05, 4.69) is 26.3 Å². The number of nitrogens with zero attached hydrogens (tertiary/aromatic N) is 3. The van der Waals surface area contributed by atoms with Crippen molar-refractivity contribution in [3.05, 3.63) is 72.3 Å². The monoisotopic (exact) mass is 364 g/mol. The number of amides is 3. The van der Waals surface area contributed by atoms with E-state index < -0.39 is 11.8 Å². The highest BCUT2D eigenvalue weighted by Gasteiger charge is 2.16. The van der Waals surface area contributed by atoms with Gasteiger partial charge in [-0.15, -0.1) is 10.2 Å². The maximum atomic E-state index is 12.7. The van der Waals surface area contributed by atoms with Gasteiger partial charge in [-0.3, -0.25) is 19.8 Å². The zero-order valence-electron chi connectivity index (χ0n) is 14.3. The third-order valence-corrected chi connectivity index (χ3v) is 3.55. The van der Waals surface area contributed by atoms with Crippen molar-refractivity contribution < 1.29 is 14.4 Å². The Morgan fingerprint density at radius 2 is 1.30 bits per heavy atom. The molecule has 0 aliphatic rings. The molecule has 27 heavy (non-hydrogen) atoms. The van der Waals surface area contributed by atoms with E-state index in [9.17, 15) is 14.4 Å². The number of carbonyl (C=O) groups is 3. The van der Waals surface area contributed by atoms with Crippen LogP contribution in [0.3, 0.4) is 0 Å². The summed E-state index contributed by atoms with van der Waals surface area (Å²) in [7, 11) is 0. The van der Waals surface area contributed by atoms with Crippen molar-refractivity contribution in [2.24, 2.45) is 0 Å². The number of benzene rings is 2. The lowest BCUT2D eigenvalue weighted by molar-refractivity contribution is -0.114. The van der Waals surface area contributed by atoms with Gasteiger partial charge in [0.15, 0.2) is 0 Å². The number of para-hydroxylation sites is 2. The summed E-state index contributed by atoms with van der Waals surface area (Å²) in [6.07, 6.45) is 2.67. The van der Waals surface area contributed by atoms with Gasteiger partial charge < -0.3 is 10.6 Å². The van der Waals surface area contributed by atoms with Crippen molar-refractivity contribution >= 4 is 29.1 Å². The maximum Gasteiger partial charge on any atom is 0.272 e. The summed E-state index contributed by atoms with van der Waals surface area (Å²) >= 11 is 0. The van der Waals surface area contributed by atoms with E-state index >= 15 is 0 Å². The van der Waals surface area contributed by atoms with E-state index in [1.165, 1.54) is 24.3 Å². The minimum absolute atomic E-state index is 0.261. The van der Waals surface area contributed by atoms with Gasteiger partial charge in [0.05, 0.1) is 22.5 Å². The van der Waals surface area contributed by atoms with Crippen LogP contribution in [-0.4, -0.2) is 32.6 Å². The summed E-state index contributed by atoms with van der Waals surface area (Å²) in [6.45, 7) is 1.36. The Balaban J connectivity index is 1.83. The summed E-state index contributed by atoms with van der Waals surface area (Å²) in [5, 5.41) is 12.5. The molecule has 3 amide bonds. The molecule has 9 heteroatoms. The Morgan fingerprint density at radius 1 is 0.778 bits per heavy atom. The average molecular weight is 364 g/mol. The second-order valence-electron chi connectivity index (χ2n) is 5.54. The van der Waals surface area contributed by atoms with Gasteiger partial charge in [0.1, 0.15) is 12.7 Å². The molecule has 2 aromatic carbocycles. The van der Waals surface area contributed by atoms with Crippen molar-refractivity contribution in [1.82, 2.24) is 14.9 Å². The van der Waals surface area contributed by atoms with Gasteiger partial charge in [0.2, 0.25) is 5.91 Å². The number of nitrogens with one attached hydrogen (secondary N) is 3. The fourth-order valence-electron chi connectivity index (χ4n) is 2.40. The summed E-state index contributed by atoms with van der Waals surface area (Å²) in [5.74, 6) is -1.19. The molecule has 0 fully saturated rings. The first-order valence-corrected chi connectivity index (χ1v) is 7.97. The summed E-state index contributed by atoms with van der Waals surface area (Å²) in [4.78, 5) is 36.5. The van der Waals surface area contributed by atoms with Crippen molar-refractivity contribution in [1.29, 1.82) is 0 Å². The van der Waals surface area contributed by atoms with E-state index in [4.69, 9.17) is 0 Å². The Hall–Kier alpha value is -4.01.